The number of sulfonamides is 1. The van der Waals surface area contributed by atoms with Crippen molar-refractivity contribution < 1.29 is 32.2 Å². The Kier molecular flexibility index (Phi) is 12.5. The van der Waals surface area contributed by atoms with Gasteiger partial charge in [0.1, 0.15) is 18.3 Å². The highest BCUT2D eigenvalue weighted by molar-refractivity contribution is 7.92. The van der Waals surface area contributed by atoms with E-state index >= 15 is 0 Å². The third-order valence-corrected chi connectivity index (χ3v) is 9.80. The van der Waals surface area contributed by atoms with E-state index in [2.05, 4.69) is 5.32 Å². The Bertz CT molecular complexity index is 1770. The maximum absolute atomic E-state index is 14.6. The smallest absolute Gasteiger partial charge is 0.264 e. The lowest BCUT2D eigenvalue weighted by Crippen LogP contribution is -2.54. The molecule has 0 saturated carbocycles. The summed E-state index contributed by atoms with van der Waals surface area (Å²) in [6.45, 7) is 3.32. The number of hydrogen-bond acceptors (Lipinski definition) is 7. The second-order valence-corrected chi connectivity index (χ2v) is 13.1. The van der Waals surface area contributed by atoms with E-state index in [0.29, 0.717) is 23.5 Å². The maximum atomic E-state index is 14.6. The van der Waals surface area contributed by atoms with Gasteiger partial charge in [-0.3, -0.25) is 13.9 Å². The molecule has 0 aromatic heterocycles. The SMILES string of the molecule is CC[C@@H](C)NC(=O)[C@@H](Cc1ccccc1)N(Cc1cccc(OC)c1)C(=O)CN(c1ccccc1)S(=O)(=O)c1ccc(OC)c(OC)c1. The molecule has 0 aliphatic heterocycles. The number of para-hydroxylation sites is 1. The van der Waals surface area contributed by atoms with E-state index in [-0.39, 0.29) is 41.2 Å². The first-order valence-corrected chi connectivity index (χ1v) is 17.1. The Morgan fingerprint density at radius 3 is 2.04 bits per heavy atom. The summed E-state index contributed by atoms with van der Waals surface area (Å²) < 4.78 is 45.9. The van der Waals surface area contributed by atoms with Crippen molar-refractivity contribution in [2.45, 2.75) is 50.2 Å². The first-order valence-electron chi connectivity index (χ1n) is 15.7. The molecule has 4 aromatic carbocycles. The van der Waals surface area contributed by atoms with E-state index < -0.39 is 28.5 Å². The van der Waals surface area contributed by atoms with Gasteiger partial charge in [-0.05, 0) is 60.9 Å². The number of carbonyl (C=O) groups is 2. The molecule has 1 N–H and O–H groups in total. The van der Waals surface area contributed by atoms with Gasteiger partial charge in [-0.2, -0.15) is 0 Å². The van der Waals surface area contributed by atoms with Crippen LogP contribution in [0.3, 0.4) is 0 Å². The molecule has 10 nitrogen and oxygen atoms in total. The summed E-state index contributed by atoms with van der Waals surface area (Å²) >= 11 is 0. The predicted molar refractivity (Wildman–Crippen MR) is 186 cm³/mol. The van der Waals surface area contributed by atoms with Crippen LogP contribution in [-0.4, -0.2) is 65.1 Å². The van der Waals surface area contributed by atoms with Gasteiger partial charge < -0.3 is 24.4 Å². The normalized spacial score (nSPS) is 12.4. The van der Waals surface area contributed by atoms with E-state index in [4.69, 9.17) is 14.2 Å². The second kappa shape index (κ2) is 16.7. The molecule has 0 aliphatic carbocycles. The molecule has 0 aliphatic rings. The van der Waals surface area contributed by atoms with Crippen molar-refractivity contribution >= 4 is 27.5 Å². The molecule has 11 heteroatoms. The number of carbonyl (C=O) groups excluding carboxylic acids is 2. The quantitative estimate of drug-likeness (QED) is 0.168. The average Bonchev–Trinajstić information content (AvgIpc) is 3.12. The Hall–Kier alpha value is -5.03. The Morgan fingerprint density at radius 2 is 1.42 bits per heavy atom. The lowest BCUT2D eigenvalue weighted by molar-refractivity contribution is -0.140. The van der Waals surface area contributed by atoms with E-state index in [1.807, 2.05) is 50.2 Å². The van der Waals surface area contributed by atoms with E-state index in [9.17, 15) is 18.0 Å². The number of hydrogen-bond donors (Lipinski definition) is 1. The Labute approximate surface area is 283 Å². The van der Waals surface area contributed by atoms with Crippen molar-refractivity contribution in [3.05, 3.63) is 114 Å². The summed E-state index contributed by atoms with van der Waals surface area (Å²) in [5.41, 5.74) is 1.85. The molecule has 0 bridgehead atoms. The molecule has 0 saturated heterocycles. The molecule has 0 spiro atoms. The molecule has 4 aromatic rings. The zero-order chi connectivity index (χ0) is 34.7. The molecule has 48 heavy (non-hydrogen) atoms. The van der Waals surface area contributed by atoms with E-state index in [1.54, 1.807) is 55.6 Å². The summed E-state index contributed by atoms with van der Waals surface area (Å²) in [5, 5.41) is 3.04. The number of methoxy groups -OCH3 is 3. The van der Waals surface area contributed by atoms with Crippen molar-refractivity contribution in [1.82, 2.24) is 10.2 Å². The second-order valence-electron chi connectivity index (χ2n) is 11.3. The number of nitrogens with one attached hydrogen (secondary N) is 1. The minimum Gasteiger partial charge on any atom is -0.497 e. The minimum atomic E-state index is -4.32. The highest BCUT2D eigenvalue weighted by Crippen LogP contribution is 2.32. The van der Waals surface area contributed by atoms with Crippen LogP contribution in [0, 0.1) is 0 Å². The lowest BCUT2D eigenvalue weighted by Gasteiger charge is -2.34. The highest BCUT2D eigenvalue weighted by Gasteiger charge is 2.35. The van der Waals surface area contributed by atoms with Gasteiger partial charge in [-0.1, -0.05) is 67.6 Å². The van der Waals surface area contributed by atoms with Crippen molar-refractivity contribution in [1.29, 1.82) is 0 Å². The van der Waals surface area contributed by atoms with Crippen molar-refractivity contribution in [2.24, 2.45) is 0 Å². The van der Waals surface area contributed by atoms with Gasteiger partial charge in [0.25, 0.3) is 10.0 Å². The fourth-order valence-corrected chi connectivity index (χ4v) is 6.62. The molecule has 4 rings (SSSR count). The van der Waals surface area contributed by atoms with Crippen LogP contribution in [-0.2, 0) is 32.6 Å². The van der Waals surface area contributed by atoms with Crippen LogP contribution < -0.4 is 23.8 Å². The molecule has 2 amide bonds. The summed E-state index contributed by atoms with van der Waals surface area (Å²) in [7, 11) is 0.107. The van der Waals surface area contributed by atoms with Crippen LogP contribution in [0.15, 0.2) is 108 Å². The van der Waals surface area contributed by atoms with Gasteiger partial charge >= 0.3 is 0 Å². The van der Waals surface area contributed by atoms with Gasteiger partial charge in [-0.25, -0.2) is 8.42 Å². The number of ether oxygens (including phenoxy) is 3. The first-order chi connectivity index (χ1) is 23.1. The zero-order valence-electron chi connectivity index (χ0n) is 28.0. The Balaban J connectivity index is 1.82. The molecule has 0 heterocycles. The van der Waals surface area contributed by atoms with Crippen molar-refractivity contribution in [3.8, 4) is 17.2 Å². The fraction of sp³-hybridized carbons (Fsp3) is 0.297. The molecule has 0 unspecified atom stereocenters. The predicted octanol–water partition coefficient (Wildman–Crippen LogP) is 5.46. The third kappa shape index (κ3) is 8.86. The van der Waals surface area contributed by atoms with Crippen molar-refractivity contribution in [3.63, 3.8) is 0 Å². The first kappa shape index (κ1) is 35.8. The number of anilines is 1. The van der Waals surface area contributed by atoms with Crippen LogP contribution in [0.2, 0.25) is 0 Å². The third-order valence-electron chi connectivity index (χ3n) is 8.03. The van der Waals surface area contributed by atoms with Crippen LogP contribution >= 0.6 is 0 Å². The van der Waals surface area contributed by atoms with Crippen LogP contribution in [0.1, 0.15) is 31.4 Å². The molecular weight excluding hydrogens is 630 g/mol. The van der Waals surface area contributed by atoms with Gasteiger partial charge in [0.05, 0.1) is 31.9 Å². The number of nitrogens with zero attached hydrogens (tertiary/aromatic N) is 2. The monoisotopic (exact) mass is 673 g/mol. The summed E-state index contributed by atoms with van der Waals surface area (Å²) in [5.74, 6) is 0.274. The minimum absolute atomic E-state index is 0.0283. The summed E-state index contributed by atoms with van der Waals surface area (Å²) in [6.07, 6.45) is 0.908. The van der Waals surface area contributed by atoms with Gasteiger partial charge in [0.2, 0.25) is 11.8 Å². The number of amides is 2. The van der Waals surface area contributed by atoms with Crippen LogP contribution in [0.4, 0.5) is 5.69 Å². The van der Waals surface area contributed by atoms with Gasteiger partial charge in [-0.15, -0.1) is 0 Å². The topological polar surface area (TPSA) is 114 Å². The van der Waals surface area contributed by atoms with Crippen molar-refractivity contribution in [2.75, 3.05) is 32.2 Å². The highest BCUT2D eigenvalue weighted by atomic mass is 32.2. The Morgan fingerprint density at radius 1 is 0.771 bits per heavy atom. The van der Waals surface area contributed by atoms with E-state index in [0.717, 1.165) is 9.87 Å². The van der Waals surface area contributed by atoms with Gasteiger partial charge in [0, 0.05) is 25.1 Å². The average molecular weight is 674 g/mol. The molecule has 0 fully saturated rings. The summed E-state index contributed by atoms with van der Waals surface area (Å²) in [6, 6.07) is 28.2. The largest absolute Gasteiger partial charge is 0.497 e. The fourth-order valence-electron chi connectivity index (χ4n) is 5.19. The molecule has 0 radical (unpaired) electrons. The molecule has 254 valence electrons. The summed E-state index contributed by atoms with van der Waals surface area (Å²) in [4.78, 5) is 30.0. The standard InChI is InChI=1S/C37H43N3O7S/c1-6-27(2)38-37(42)33(23-28-14-9-7-10-15-28)39(25-29-16-13-19-31(22-29)45-3)36(41)26-40(30-17-11-8-12-18-30)48(43,44)32-20-21-34(46-4)35(24-32)47-5/h7-22,24,27,33H,6,23,25-26H2,1-5H3,(H,38,42)/t27-,33-/m1/s1. The maximum Gasteiger partial charge on any atom is 0.264 e. The van der Waals surface area contributed by atoms with Crippen LogP contribution in [0.25, 0.3) is 0 Å². The number of benzene rings is 4. The lowest BCUT2D eigenvalue weighted by atomic mass is 10.0. The number of rotatable bonds is 16. The molecule has 2 atom stereocenters. The molecular formula is C37H43N3O7S. The zero-order valence-corrected chi connectivity index (χ0v) is 28.8. The van der Waals surface area contributed by atoms with E-state index in [1.165, 1.54) is 37.3 Å². The van der Waals surface area contributed by atoms with Crippen LogP contribution in [0.5, 0.6) is 17.2 Å². The van der Waals surface area contributed by atoms with Gasteiger partial charge in [0.15, 0.2) is 11.5 Å².